The monoisotopic (exact) mass is 400 g/mol. The van der Waals surface area contributed by atoms with Gasteiger partial charge in [0.2, 0.25) is 5.91 Å². The van der Waals surface area contributed by atoms with Crippen molar-refractivity contribution in [2.45, 2.75) is 30.7 Å². The summed E-state index contributed by atoms with van der Waals surface area (Å²) in [4.78, 5) is 12.5. The second kappa shape index (κ2) is 8.59. The van der Waals surface area contributed by atoms with Crippen LogP contribution in [-0.4, -0.2) is 25.9 Å². The van der Waals surface area contributed by atoms with Crippen LogP contribution >= 0.6 is 23.4 Å². The highest BCUT2D eigenvalue weighted by Crippen LogP contribution is 2.30. The van der Waals surface area contributed by atoms with Crippen LogP contribution in [0, 0.1) is 0 Å². The number of hydrogen-bond donors (Lipinski definition) is 1. The summed E-state index contributed by atoms with van der Waals surface area (Å²) in [6.45, 7) is 3.95. The molecule has 0 aliphatic rings. The molecule has 2 aromatic carbocycles. The fourth-order valence-corrected chi connectivity index (χ4v) is 3.61. The molecule has 0 fully saturated rings. The first kappa shape index (κ1) is 19.5. The molecule has 27 heavy (non-hydrogen) atoms. The molecule has 1 heterocycles. The van der Waals surface area contributed by atoms with Crippen molar-refractivity contribution in [3.63, 3.8) is 0 Å². The predicted octanol–water partition coefficient (Wildman–Crippen LogP) is 4.82. The van der Waals surface area contributed by atoms with Crippen molar-refractivity contribution in [1.82, 2.24) is 14.8 Å². The minimum absolute atomic E-state index is 0.0773. The Balaban J connectivity index is 1.69. The lowest BCUT2D eigenvalue weighted by molar-refractivity contribution is -0.115. The van der Waals surface area contributed by atoms with Gasteiger partial charge in [0.05, 0.1) is 10.3 Å². The maximum atomic E-state index is 12.5. The van der Waals surface area contributed by atoms with Gasteiger partial charge in [0, 0.05) is 18.3 Å². The van der Waals surface area contributed by atoms with E-state index in [9.17, 15) is 4.79 Å². The Morgan fingerprint density at radius 1 is 1.19 bits per heavy atom. The van der Waals surface area contributed by atoms with E-state index >= 15 is 0 Å². The van der Waals surface area contributed by atoms with Crippen molar-refractivity contribution in [3.05, 3.63) is 59.1 Å². The number of halogens is 1. The van der Waals surface area contributed by atoms with E-state index in [1.54, 1.807) is 0 Å². The van der Waals surface area contributed by atoms with Crippen LogP contribution in [0.1, 0.15) is 19.4 Å². The number of nitrogens with zero attached hydrogens (tertiary/aromatic N) is 3. The van der Waals surface area contributed by atoms with Crippen LogP contribution in [0.2, 0.25) is 5.02 Å². The SMILES string of the molecule is CCc1ccc(NC(=O)C(C)Sc2nnc(-c3ccccc3Cl)n2C)cc1. The first-order valence-electron chi connectivity index (χ1n) is 8.70. The zero-order valence-corrected chi connectivity index (χ0v) is 17.0. The van der Waals surface area contributed by atoms with Crippen LogP contribution in [0.5, 0.6) is 0 Å². The largest absolute Gasteiger partial charge is 0.325 e. The Bertz CT molecular complexity index is 939. The summed E-state index contributed by atoms with van der Waals surface area (Å²) in [6.07, 6.45) is 0.973. The second-order valence-corrected chi connectivity index (χ2v) is 7.86. The molecule has 0 spiro atoms. The molecular weight excluding hydrogens is 380 g/mol. The van der Waals surface area contributed by atoms with Gasteiger partial charge in [0.25, 0.3) is 0 Å². The van der Waals surface area contributed by atoms with Crippen molar-refractivity contribution >= 4 is 35.0 Å². The number of nitrogens with one attached hydrogen (secondary N) is 1. The molecule has 1 aromatic heterocycles. The maximum Gasteiger partial charge on any atom is 0.237 e. The smallest absolute Gasteiger partial charge is 0.237 e. The molecule has 5 nitrogen and oxygen atoms in total. The van der Waals surface area contributed by atoms with Crippen LogP contribution in [0.15, 0.2) is 53.7 Å². The van der Waals surface area contributed by atoms with Crippen molar-refractivity contribution < 1.29 is 4.79 Å². The highest BCUT2D eigenvalue weighted by atomic mass is 35.5. The Morgan fingerprint density at radius 2 is 1.89 bits per heavy atom. The lowest BCUT2D eigenvalue weighted by Gasteiger charge is -2.12. The van der Waals surface area contributed by atoms with Gasteiger partial charge in [0.15, 0.2) is 11.0 Å². The molecule has 140 valence electrons. The van der Waals surface area contributed by atoms with Gasteiger partial charge in [-0.05, 0) is 43.2 Å². The molecule has 0 aliphatic carbocycles. The lowest BCUT2D eigenvalue weighted by Crippen LogP contribution is -2.22. The molecule has 3 rings (SSSR count). The molecule has 0 aliphatic heterocycles. The van der Waals surface area contributed by atoms with E-state index in [2.05, 4.69) is 22.4 Å². The summed E-state index contributed by atoms with van der Waals surface area (Å²) in [7, 11) is 1.87. The van der Waals surface area contributed by atoms with E-state index in [0.717, 1.165) is 17.7 Å². The number of benzene rings is 2. The van der Waals surface area contributed by atoms with Crippen molar-refractivity contribution in [3.8, 4) is 11.4 Å². The molecule has 1 atom stereocenters. The maximum absolute atomic E-state index is 12.5. The Morgan fingerprint density at radius 3 is 2.56 bits per heavy atom. The first-order chi connectivity index (χ1) is 13.0. The van der Waals surface area contributed by atoms with Gasteiger partial charge in [-0.3, -0.25) is 4.79 Å². The molecule has 0 saturated carbocycles. The zero-order chi connectivity index (χ0) is 19.4. The van der Waals surface area contributed by atoms with Gasteiger partial charge in [-0.2, -0.15) is 0 Å². The van der Waals surface area contributed by atoms with E-state index in [-0.39, 0.29) is 11.2 Å². The molecule has 1 N–H and O–H groups in total. The summed E-state index contributed by atoms with van der Waals surface area (Å²) in [5, 5.41) is 12.4. The van der Waals surface area contributed by atoms with Gasteiger partial charge < -0.3 is 9.88 Å². The summed E-state index contributed by atoms with van der Waals surface area (Å²) in [5.41, 5.74) is 2.84. The number of rotatable bonds is 6. The lowest BCUT2D eigenvalue weighted by atomic mass is 10.1. The standard InChI is InChI=1S/C20H21ClN4OS/c1-4-14-9-11-15(12-10-14)22-19(26)13(2)27-20-24-23-18(25(20)3)16-7-5-6-8-17(16)21/h5-13H,4H2,1-3H3,(H,22,26). The third-order valence-electron chi connectivity index (χ3n) is 4.23. The third kappa shape index (κ3) is 4.51. The van der Waals surface area contributed by atoms with E-state index < -0.39 is 0 Å². The number of amides is 1. The van der Waals surface area contributed by atoms with Gasteiger partial charge >= 0.3 is 0 Å². The highest BCUT2D eigenvalue weighted by molar-refractivity contribution is 8.00. The van der Waals surface area contributed by atoms with Crippen molar-refractivity contribution in [2.75, 3.05) is 5.32 Å². The van der Waals surface area contributed by atoms with Crippen LogP contribution in [0.3, 0.4) is 0 Å². The average Bonchev–Trinajstić information content (AvgIpc) is 3.03. The number of hydrogen-bond acceptors (Lipinski definition) is 4. The molecular formula is C20H21ClN4OS. The Labute approximate surface area is 168 Å². The van der Waals surface area contributed by atoms with Crippen LogP contribution in [0.4, 0.5) is 5.69 Å². The van der Waals surface area contributed by atoms with E-state index in [0.29, 0.717) is 16.0 Å². The number of aryl methyl sites for hydroxylation is 1. The number of anilines is 1. The number of carbonyl (C=O) groups is 1. The predicted molar refractivity (Wildman–Crippen MR) is 111 cm³/mol. The van der Waals surface area contributed by atoms with Crippen LogP contribution in [-0.2, 0) is 18.3 Å². The molecule has 1 amide bonds. The fraction of sp³-hybridized carbons (Fsp3) is 0.250. The number of thioether (sulfide) groups is 1. The van der Waals surface area contributed by atoms with Crippen molar-refractivity contribution in [1.29, 1.82) is 0 Å². The highest BCUT2D eigenvalue weighted by Gasteiger charge is 2.20. The first-order valence-corrected chi connectivity index (χ1v) is 9.96. The summed E-state index contributed by atoms with van der Waals surface area (Å²) in [5.74, 6) is 0.595. The van der Waals surface area contributed by atoms with Gasteiger partial charge in [-0.25, -0.2) is 0 Å². The minimum atomic E-state index is -0.321. The van der Waals surface area contributed by atoms with Crippen LogP contribution in [0.25, 0.3) is 11.4 Å². The number of aromatic nitrogens is 3. The van der Waals surface area contributed by atoms with Crippen molar-refractivity contribution in [2.24, 2.45) is 7.05 Å². The Kier molecular flexibility index (Phi) is 6.19. The number of carbonyl (C=O) groups excluding carboxylic acids is 1. The van der Waals surface area contributed by atoms with E-state index in [1.807, 2.05) is 67.1 Å². The van der Waals surface area contributed by atoms with E-state index in [1.165, 1.54) is 17.3 Å². The summed E-state index contributed by atoms with van der Waals surface area (Å²) < 4.78 is 1.85. The normalized spacial score (nSPS) is 12.0. The molecule has 0 bridgehead atoms. The van der Waals surface area contributed by atoms with Gasteiger partial charge in [-0.15, -0.1) is 10.2 Å². The molecule has 0 saturated heterocycles. The van der Waals surface area contributed by atoms with Gasteiger partial charge in [-0.1, -0.05) is 54.6 Å². The van der Waals surface area contributed by atoms with Gasteiger partial charge in [0.1, 0.15) is 0 Å². The average molecular weight is 401 g/mol. The third-order valence-corrected chi connectivity index (χ3v) is 5.69. The Hall–Kier alpha value is -2.31. The fourth-order valence-electron chi connectivity index (χ4n) is 2.57. The topological polar surface area (TPSA) is 59.8 Å². The molecule has 0 radical (unpaired) electrons. The summed E-state index contributed by atoms with van der Waals surface area (Å²) in [6, 6.07) is 15.4. The van der Waals surface area contributed by atoms with Crippen LogP contribution < -0.4 is 5.32 Å². The van der Waals surface area contributed by atoms with E-state index in [4.69, 9.17) is 11.6 Å². The molecule has 7 heteroatoms. The zero-order valence-electron chi connectivity index (χ0n) is 15.4. The quantitative estimate of drug-likeness (QED) is 0.603. The summed E-state index contributed by atoms with van der Waals surface area (Å²) >= 11 is 7.62. The molecule has 3 aromatic rings. The molecule has 1 unspecified atom stereocenters. The second-order valence-electron chi connectivity index (χ2n) is 6.14. The minimum Gasteiger partial charge on any atom is -0.325 e.